The predicted octanol–water partition coefficient (Wildman–Crippen LogP) is 11.5. The van der Waals surface area contributed by atoms with Gasteiger partial charge in [0.15, 0.2) is 0 Å². The molecule has 0 aliphatic heterocycles. The van der Waals surface area contributed by atoms with Crippen molar-refractivity contribution < 1.29 is 0 Å². The Labute approximate surface area is 250 Å². The van der Waals surface area contributed by atoms with Crippen molar-refractivity contribution in [3.8, 4) is 11.1 Å². The second kappa shape index (κ2) is 12.2. The van der Waals surface area contributed by atoms with E-state index in [1.165, 1.54) is 27.8 Å². The van der Waals surface area contributed by atoms with Gasteiger partial charge < -0.3 is 9.80 Å². The van der Waals surface area contributed by atoms with Crippen LogP contribution in [0.4, 0.5) is 34.1 Å². The largest absolute Gasteiger partial charge is 0.311 e. The Morgan fingerprint density at radius 2 is 0.667 bits per heavy atom. The van der Waals surface area contributed by atoms with E-state index < -0.39 is 0 Å². The normalized spacial score (nSPS) is 10.8. The average molecular weight is 545 g/mol. The molecular formula is C40H36N2. The van der Waals surface area contributed by atoms with Crippen molar-refractivity contribution in [3.05, 3.63) is 168 Å². The minimum atomic E-state index is 1.03. The molecule has 2 nitrogen and oxygen atoms in total. The van der Waals surface area contributed by atoms with Crippen LogP contribution in [0.3, 0.4) is 0 Å². The van der Waals surface area contributed by atoms with Gasteiger partial charge in [-0.3, -0.25) is 0 Å². The first-order valence-corrected chi connectivity index (χ1v) is 14.7. The molecule has 0 radical (unpaired) electrons. The van der Waals surface area contributed by atoms with E-state index >= 15 is 0 Å². The van der Waals surface area contributed by atoms with Crippen LogP contribution in [0.2, 0.25) is 0 Å². The fourth-order valence-corrected chi connectivity index (χ4v) is 5.35. The first-order valence-electron chi connectivity index (χ1n) is 14.7. The Morgan fingerprint density at radius 3 is 1.02 bits per heavy atom. The third kappa shape index (κ3) is 5.84. The number of hydrogen-bond donors (Lipinski definition) is 0. The molecule has 0 saturated heterocycles. The molecule has 0 aliphatic rings. The van der Waals surface area contributed by atoms with Crippen molar-refractivity contribution in [1.29, 1.82) is 0 Å². The van der Waals surface area contributed by atoms with Gasteiger partial charge in [0, 0.05) is 34.1 Å². The highest BCUT2D eigenvalue weighted by Crippen LogP contribution is 2.38. The second-order valence-corrected chi connectivity index (χ2v) is 10.8. The summed E-state index contributed by atoms with van der Waals surface area (Å²) >= 11 is 0. The molecule has 6 aromatic rings. The summed E-state index contributed by atoms with van der Waals surface area (Å²) in [6.45, 7) is 6.45. The molecule has 42 heavy (non-hydrogen) atoms. The van der Waals surface area contributed by atoms with Crippen LogP contribution in [0.15, 0.2) is 152 Å². The van der Waals surface area contributed by atoms with E-state index in [1.807, 2.05) is 0 Å². The van der Waals surface area contributed by atoms with Crippen molar-refractivity contribution in [2.45, 2.75) is 27.2 Å². The van der Waals surface area contributed by atoms with E-state index in [0.717, 1.165) is 40.5 Å². The highest BCUT2D eigenvalue weighted by atomic mass is 15.1. The number of aryl methyl sites for hydroxylation is 3. The van der Waals surface area contributed by atoms with Gasteiger partial charge in [-0.25, -0.2) is 0 Å². The van der Waals surface area contributed by atoms with Gasteiger partial charge in [0.1, 0.15) is 0 Å². The van der Waals surface area contributed by atoms with Crippen molar-refractivity contribution in [2.24, 2.45) is 0 Å². The molecule has 0 amide bonds. The Morgan fingerprint density at radius 1 is 0.357 bits per heavy atom. The zero-order chi connectivity index (χ0) is 28.9. The lowest BCUT2D eigenvalue weighted by Gasteiger charge is -2.26. The first kappa shape index (κ1) is 27.1. The SMILES string of the molecule is CCc1ccc(N(c2ccc(C)cc2)c2ccc(-c3ccc(N(c4ccccc4)c4ccc(C)cc4)cc3)cc2)cc1. The van der Waals surface area contributed by atoms with Crippen LogP contribution in [0.1, 0.15) is 23.6 Å². The summed E-state index contributed by atoms with van der Waals surface area (Å²) in [7, 11) is 0. The van der Waals surface area contributed by atoms with Gasteiger partial charge >= 0.3 is 0 Å². The van der Waals surface area contributed by atoms with Gasteiger partial charge in [-0.1, -0.05) is 96.9 Å². The van der Waals surface area contributed by atoms with E-state index in [-0.39, 0.29) is 0 Å². The van der Waals surface area contributed by atoms with E-state index in [4.69, 9.17) is 0 Å². The van der Waals surface area contributed by atoms with Gasteiger partial charge in [-0.2, -0.15) is 0 Å². The van der Waals surface area contributed by atoms with E-state index in [0.29, 0.717) is 0 Å². The summed E-state index contributed by atoms with van der Waals surface area (Å²) in [4.78, 5) is 4.63. The molecule has 0 spiro atoms. The quantitative estimate of drug-likeness (QED) is 0.188. The molecule has 0 bridgehead atoms. The Balaban J connectivity index is 1.31. The minimum Gasteiger partial charge on any atom is -0.311 e. The Hall–Kier alpha value is -5.08. The Kier molecular flexibility index (Phi) is 7.87. The lowest BCUT2D eigenvalue weighted by Crippen LogP contribution is -2.10. The van der Waals surface area contributed by atoms with Gasteiger partial charge in [-0.15, -0.1) is 0 Å². The van der Waals surface area contributed by atoms with Gasteiger partial charge in [0.25, 0.3) is 0 Å². The van der Waals surface area contributed by atoms with Gasteiger partial charge in [0.2, 0.25) is 0 Å². The summed E-state index contributed by atoms with van der Waals surface area (Å²) in [5.41, 5.74) is 13.1. The van der Waals surface area contributed by atoms with E-state index in [2.05, 4.69) is 182 Å². The molecule has 0 aromatic heterocycles. The fraction of sp³-hybridized carbons (Fsp3) is 0.100. The average Bonchev–Trinajstić information content (AvgIpc) is 3.05. The number of benzene rings is 6. The molecule has 206 valence electrons. The van der Waals surface area contributed by atoms with Crippen LogP contribution in [-0.4, -0.2) is 0 Å². The van der Waals surface area contributed by atoms with E-state index in [1.54, 1.807) is 0 Å². The summed E-state index contributed by atoms with van der Waals surface area (Å²) < 4.78 is 0. The second-order valence-electron chi connectivity index (χ2n) is 10.8. The number of anilines is 6. The van der Waals surface area contributed by atoms with Gasteiger partial charge in [0.05, 0.1) is 0 Å². The topological polar surface area (TPSA) is 6.48 Å². The molecule has 0 aliphatic carbocycles. The third-order valence-corrected chi connectivity index (χ3v) is 7.79. The number of para-hydroxylation sites is 1. The highest BCUT2D eigenvalue weighted by Gasteiger charge is 2.14. The van der Waals surface area contributed by atoms with Crippen molar-refractivity contribution in [2.75, 3.05) is 9.80 Å². The van der Waals surface area contributed by atoms with Crippen LogP contribution in [-0.2, 0) is 6.42 Å². The lowest BCUT2D eigenvalue weighted by atomic mass is 10.0. The monoisotopic (exact) mass is 544 g/mol. The fourth-order valence-electron chi connectivity index (χ4n) is 5.35. The molecule has 0 fully saturated rings. The van der Waals surface area contributed by atoms with Crippen LogP contribution in [0, 0.1) is 13.8 Å². The van der Waals surface area contributed by atoms with Crippen LogP contribution >= 0.6 is 0 Å². The van der Waals surface area contributed by atoms with Crippen LogP contribution in [0.5, 0.6) is 0 Å². The summed E-state index contributed by atoms with van der Waals surface area (Å²) in [5, 5.41) is 0. The maximum absolute atomic E-state index is 2.32. The van der Waals surface area contributed by atoms with Gasteiger partial charge in [-0.05, 0) is 110 Å². The molecule has 0 N–H and O–H groups in total. The first-order chi connectivity index (χ1) is 20.6. The lowest BCUT2D eigenvalue weighted by molar-refractivity contribution is 1.14. The standard InChI is InChI=1S/C40H36N2/c1-4-32-14-24-38(25-15-32)42(37-22-12-31(3)13-23-37)40-28-18-34(19-29-40)33-16-26-39(27-17-33)41(35-8-6-5-7-9-35)36-20-10-30(2)11-21-36/h5-29H,4H2,1-3H3. The number of nitrogens with zero attached hydrogens (tertiary/aromatic N) is 2. The van der Waals surface area contributed by atoms with Crippen molar-refractivity contribution >= 4 is 34.1 Å². The highest BCUT2D eigenvalue weighted by molar-refractivity contribution is 5.80. The molecule has 6 aromatic carbocycles. The zero-order valence-corrected chi connectivity index (χ0v) is 24.5. The maximum atomic E-state index is 2.32. The minimum absolute atomic E-state index is 1.03. The summed E-state index contributed by atoms with van der Waals surface area (Å²) in [6.07, 6.45) is 1.03. The predicted molar refractivity (Wildman–Crippen MR) is 180 cm³/mol. The van der Waals surface area contributed by atoms with E-state index in [9.17, 15) is 0 Å². The number of hydrogen-bond acceptors (Lipinski definition) is 2. The van der Waals surface area contributed by atoms with Crippen molar-refractivity contribution in [3.63, 3.8) is 0 Å². The molecule has 2 heteroatoms. The van der Waals surface area contributed by atoms with Crippen LogP contribution < -0.4 is 9.80 Å². The molecule has 0 heterocycles. The molecule has 0 unspecified atom stereocenters. The summed E-state index contributed by atoms with van der Waals surface area (Å²) in [6, 6.07) is 54.6. The Bertz CT molecular complexity index is 1720. The maximum Gasteiger partial charge on any atom is 0.0462 e. The third-order valence-electron chi connectivity index (χ3n) is 7.79. The number of rotatable bonds is 8. The molecule has 6 rings (SSSR count). The molecule has 0 atom stereocenters. The van der Waals surface area contributed by atoms with Crippen LogP contribution in [0.25, 0.3) is 11.1 Å². The molecule has 0 saturated carbocycles. The van der Waals surface area contributed by atoms with Crippen molar-refractivity contribution in [1.82, 2.24) is 0 Å². The molecular weight excluding hydrogens is 508 g/mol. The summed E-state index contributed by atoms with van der Waals surface area (Å²) in [5.74, 6) is 0. The zero-order valence-electron chi connectivity index (χ0n) is 24.5. The smallest absolute Gasteiger partial charge is 0.0462 e.